The lowest BCUT2D eigenvalue weighted by Crippen LogP contribution is -2.21. The quantitative estimate of drug-likeness (QED) is 0.751. The third-order valence-electron chi connectivity index (χ3n) is 3.38. The van der Waals surface area contributed by atoms with Crippen LogP contribution in [0.4, 0.5) is 0 Å². The summed E-state index contributed by atoms with van der Waals surface area (Å²) in [6.07, 6.45) is 2.05. The molecule has 0 fully saturated rings. The molecule has 0 aliphatic heterocycles. The molecule has 0 aliphatic carbocycles. The van der Waals surface area contributed by atoms with Crippen LogP contribution in [-0.4, -0.2) is 23.8 Å². The van der Waals surface area contributed by atoms with Gasteiger partial charge in [0.1, 0.15) is 5.76 Å². The Labute approximate surface area is 122 Å². The van der Waals surface area contributed by atoms with Crippen LogP contribution in [0.1, 0.15) is 24.6 Å². The monoisotopic (exact) mass is 287 g/mol. The van der Waals surface area contributed by atoms with Gasteiger partial charge in [-0.05, 0) is 19.1 Å². The molecular weight excluding hydrogens is 270 g/mol. The second-order valence-electron chi connectivity index (χ2n) is 4.80. The van der Waals surface area contributed by atoms with Gasteiger partial charge >= 0.3 is 0 Å². The van der Waals surface area contributed by atoms with Gasteiger partial charge in [-0.2, -0.15) is 4.98 Å². The van der Waals surface area contributed by atoms with Gasteiger partial charge in [0.05, 0.1) is 13.2 Å². The second kappa shape index (κ2) is 5.97. The van der Waals surface area contributed by atoms with E-state index < -0.39 is 0 Å². The van der Waals surface area contributed by atoms with Gasteiger partial charge in [-0.25, -0.2) is 0 Å². The Morgan fingerprint density at radius 2 is 2.29 bits per heavy atom. The lowest BCUT2D eigenvalue weighted by Gasteiger charge is -2.09. The van der Waals surface area contributed by atoms with E-state index in [1.54, 1.807) is 7.11 Å². The number of rotatable bonds is 6. The first-order chi connectivity index (χ1) is 10.3. The van der Waals surface area contributed by atoms with Crippen LogP contribution in [0.25, 0.3) is 11.0 Å². The molecule has 1 unspecified atom stereocenters. The van der Waals surface area contributed by atoms with Crippen LogP contribution in [-0.2, 0) is 6.42 Å². The summed E-state index contributed by atoms with van der Waals surface area (Å²) in [7, 11) is 1.64. The number of ether oxygens (including phenoxy) is 1. The predicted molar refractivity (Wildman–Crippen MR) is 77.2 cm³/mol. The maximum Gasteiger partial charge on any atom is 0.213 e. The number of para-hydroxylation sites is 1. The predicted octanol–water partition coefficient (Wildman–Crippen LogP) is 2.72. The number of benzene rings is 1. The van der Waals surface area contributed by atoms with Crippen LogP contribution in [0.5, 0.6) is 5.75 Å². The summed E-state index contributed by atoms with van der Waals surface area (Å²) in [5.41, 5.74) is 0.779. The Morgan fingerprint density at radius 3 is 3.05 bits per heavy atom. The molecule has 0 radical (unpaired) electrons. The third-order valence-corrected chi connectivity index (χ3v) is 3.38. The fraction of sp³-hybridized carbons (Fsp3) is 0.333. The Balaban J connectivity index is 1.68. The van der Waals surface area contributed by atoms with Crippen LogP contribution in [0, 0.1) is 0 Å². The van der Waals surface area contributed by atoms with Crippen molar-refractivity contribution in [2.75, 3.05) is 13.7 Å². The average molecular weight is 287 g/mol. The molecule has 1 N–H and O–H groups in total. The zero-order chi connectivity index (χ0) is 14.7. The highest BCUT2D eigenvalue weighted by molar-refractivity contribution is 5.83. The van der Waals surface area contributed by atoms with Crippen molar-refractivity contribution in [1.82, 2.24) is 15.5 Å². The molecule has 0 saturated heterocycles. The van der Waals surface area contributed by atoms with Gasteiger partial charge in [-0.1, -0.05) is 17.3 Å². The Morgan fingerprint density at radius 1 is 1.38 bits per heavy atom. The molecule has 3 aromatic rings. The van der Waals surface area contributed by atoms with Crippen LogP contribution >= 0.6 is 0 Å². The number of fused-ring (bicyclic) bond motifs is 1. The smallest absolute Gasteiger partial charge is 0.213 e. The summed E-state index contributed by atoms with van der Waals surface area (Å²) in [6, 6.07) is 7.98. The van der Waals surface area contributed by atoms with E-state index in [0.717, 1.165) is 29.0 Å². The number of nitrogens with zero attached hydrogens (tertiary/aromatic N) is 2. The summed E-state index contributed by atoms with van der Waals surface area (Å²) in [6.45, 7) is 2.80. The van der Waals surface area contributed by atoms with Crippen molar-refractivity contribution in [3.05, 3.63) is 42.2 Å². The minimum atomic E-state index is 0.0917. The molecular formula is C15H17N3O3. The second-order valence-corrected chi connectivity index (χ2v) is 4.80. The molecule has 0 amide bonds. The molecule has 6 heteroatoms. The molecule has 6 nitrogen and oxygen atoms in total. The molecule has 2 heterocycles. The number of aromatic nitrogens is 2. The van der Waals surface area contributed by atoms with Crippen molar-refractivity contribution < 1.29 is 13.7 Å². The molecule has 21 heavy (non-hydrogen) atoms. The van der Waals surface area contributed by atoms with Crippen molar-refractivity contribution in [3.63, 3.8) is 0 Å². The molecule has 0 saturated carbocycles. The standard InChI is InChI=1S/C15H17N3O3/c1-10(16-7-6-14-17-9-20-18-14)13-8-11-4-3-5-12(19-2)15(11)21-13/h3-5,8-10,16H,6-7H2,1-2H3. The van der Waals surface area contributed by atoms with E-state index >= 15 is 0 Å². The number of hydrogen-bond acceptors (Lipinski definition) is 6. The van der Waals surface area contributed by atoms with Crippen LogP contribution in [0.2, 0.25) is 0 Å². The van der Waals surface area contributed by atoms with E-state index in [4.69, 9.17) is 13.7 Å². The van der Waals surface area contributed by atoms with Gasteiger partial charge in [-0.3, -0.25) is 0 Å². The van der Waals surface area contributed by atoms with Gasteiger partial charge < -0.3 is 19.0 Å². The molecule has 1 aromatic carbocycles. The average Bonchev–Trinajstić information content (AvgIpc) is 3.15. The molecule has 2 aromatic heterocycles. The summed E-state index contributed by atoms with van der Waals surface area (Å²) in [5, 5.41) is 8.19. The highest BCUT2D eigenvalue weighted by Gasteiger charge is 2.13. The SMILES string of the molecule is COc1cccc2cc(C(C)NCCc3ncon3)oc12. The minimum absolute atomic E-state index is 0.0917. The van der Waals surface area contributed by atoms with E-state index in [-0.39, 0.29) is 6.04 Å². The molecule has 1 atom stereocenters. The van der Waals surface area contributed by atoms with Crippen LogP contribution < -0.4 is 10.1 Å². The lowest BCUT2D eigenvalue weighted by molar-refractivity contribution is 0.397. The highest BCUT2D eigenvalue weighted by atomic mass is 16.5. The molecule has 0 bridgehead atoms. The first kappa shape index (κ1) is 13.6. The summed E-state index contributed by atoms with van der Waals surface area (Å²) < 4.78 is 15.9. The van der Waals surface area contributed by atoms with Gasteiger partial charge in [0.15, 0.2) is 17.2 Å². The van der Waals surface area contributed by atoms with Crippen molar-refractivity contribution in [3.8, 4) is 5.75 Å². The Kier molecular flexibility index (Phi) is 3.87. The molecule has 110 valence electrons. The topological polar surface area (TPSA) is 73.3 Å². The van der Waals surface area contributed by atoms with Gasteiger partial charge in [0.25, 0.3) is 0 Å². The first-order valence-electron chi connectivity index (χ1n) is 6.83. The first-order valence-corrected chi connectivity index (χ1v) is 6.83. The van der Waals surface area contributed by atoms with Crippen molar-refractivity contribution in [1.29, 1.82) is 0 Å². The lowest BCUT2D eigenvalue weighted by atomic mass is 10.2. The zero-order valence-electron chi connectivity index (χ0n) is 12.0. The van der Waals surface area contributed by atoms with Crippen molar-refractivity contribution in [2.45, 2.75) is 19.4 Å². The van der Waals surface area contributed by atoms with Gasteiger partial charge in [0, 0.05) is 18.4 Å². The van der Waals surface area contributed by atoms with Gasteiger partial charge in [-0.15, -0.1) is 0 Å². The summed E-state index contributed by atoms with van der Waals surface area (Å²) >= 11 is 0. The molecule has 3 rings (SSSR count). The van der Waals surface area contributed by atoms with Crippen LogP contribution in [0.3, 0.4) is 0 Å². The number of hydrogen-bond donors (Lipinski definition) is 1. The summed E-state index contributed by atoms with van der Waals surface area (Å²) in [5.74, 6) is 2.32. The number of nitrogens with one attached hydrogen (secondary N) is 1. The number of methoxy groups -OCH3 is 1. The largest absolute Gasteiger partial charge is 0.493 e. The van der Waals surface area contributed by atoms with E-state index in [0.29, 0.717) is 12.2 Å². The maximum atomic E-state index is 5.90. The fourth-order valence-electron chi connectivity index (χ4n) is 2.23. The molecule has 0 aliphatic rings. The highest BCUT2D eigenvalue weighted by Crippen LogP contribution is 2.30. The maximum absolute atomic E-state index is 5.90. The Bertz CT molecular complexity index is 706. The minimum Gasteiger partial charge on any atom is -0.493 e. The van der Waals surface area contributed by atoms with Crippen molar-refractivity contribution >= 4 is 11.0 Å². The van der Waals surface area contributed by atoms with E-state index in [2.05, 4.69) is 22.4 Å². The van der Waals surface area contributed by atoms with E-state index in [1.807, 2.05) is 24.3 Å². The normalized spacial score (nSPS) is 12.7. The van der Waals surface area contributed by atoms with E-state index in [9.17, 15) is 0 Å². The Hall–Kier alpha value is -2.34. The fourth-order valence-corrected chi connectivity index (χ4v) is 2.23. The van der Waals surface area contributed by atoms with Crippen molar-refractivity contribution in [2.24, 2.45) is 0 Å². The number of furan rings is 1. The molecule has 0 spiro atoms. The summed E-state index contributed by atoms with van der Waals surface area (Å²) in [4.78, 5) is 3.99. The third kappa shape index (κ3) is 2.90. The van der Waals surface area contributed by atoms with E-state index in [1.165, 1.54) is 6.39 Å². The van der Waals surface area contributed by atoms with Crippen LogP contribution in [0.15, 0.2) is 39.6 Å². The zero-order valence-corrected chi connectivity index (χ0v) is 12.0. The van der Waals surface area contributed by atoms with Gasteiger partial charge in [0.2, 0.25) is 6.39 Å².